The van der Waals surface area contributed by atoms with Gasteiger partial charge in [-0.3, -0.25) is 15.1 Å². The lowest BCUT2D eigenvalue weighted by Gasteiger charge is -2.12. The molecule has 0 fully saturated rings. The number of pyridine rings is 2. The number of nitro groups is 1. The molecule has 5 nitrogen and oxygen atoms in total. The molecule has 2 heterocycles. The number of aromatic nitrogens is 2. The molecule has 2 aromatic heterocycles. The van der Waals surface area contributed by atoms with Gasteiger partial charge in [-0.25, -0.2) is 4.98 Å². The number of hydrogen-bond acceptors (Lipinski definition) is 4. The van der Waals surface area contributed by atoms with E-state index < -0.39 is 0 Å². The fraction of sp³-hybridized carbons (Fsp3) is 0.0370. The molecule has 0 amide bonds. The number of non-ortho nitro benzene ring substituents is 1. The Labute approximate surface area is 185 Å². The Morgan fingerprint density at radius 3 is 2.22 bits per heavy atom. The van der Waals surface area contributed by atoms with Gasteiger partial charge in [-0.2, -0.15) is 0 Å². The minimum atomic E-state index is -0.379. The summed E-state index contributed by atoms with van der Waals surface area (Å²) in [7, 11) is 0. The maximum absolute atomic E-state index is 11.4. The largest absolute Gasteiger partial charge is 0.270 e. The SMILES string of the molecule is Cc1ccc([N+](=O)[O-])cc1-c1cc(-c2ccccc2)cc(-c2cc3ccccc3cn2)n1. The fourth-order valence-corrected chi connectivity index (χ4v) is 3.82. The van der Waals surface area contributed by atoms with Crippen molar-refractivity contribution in [2.45, 2.75) is 6.92 Å². The standard InChI is InChI=1S/C27H19N3O2/c1-18-11-12-23(30(31)32)16-24(18)25-14-22(19-7-3-2-4-8-19)15-27(29-25)26-13-20-9-5-6-10-21(20)17-28-26/h2-17H,1H3. The van der Waals surface area contributed by atoms with Gasteiger partial charge in [0.05, 0.1) is 22.0 Å². The number of aryl methyl sites for hydroxylation is 1. The van der Waals surface area contributed by atoms with Gasteiger partial charge in [0.25, 0.3) is 5.69 Å². The molecule has 0 N–H and O–H groups in total. The van der Waals surface area contributed by atoms with Gasteiger partial charge in [0.1, 0.15) is 0 Å². The number of rotatable bonds is 4. The first-order valence-corrected chi connectivity index (χ1v) is 10.3. The lowest BCUT2D eigenvalue weighted by atomic mass is 9.98. The van der Waals surface area contributed by atoms with Crippen LogP contribution in [0, 0.1) is 17.0 Å². The summed E-state index contributed by atoms with van der Waals surface area (Å²) < 4.78 is 0. The van der Waals surface area contributed by atoms with Crippen molar-refractivity contribution in [3.63, 3.8) is 0 Å². The normalized spacial score (nSPS) is 10.9. The molecule has 0 saturated heterocycles. The Morgan fingerprint density at radius 2 is 1.44 bits per heavy atom. The van der Waals surface area contributed by atoms with Crippen LogP contribution < -0.4 is 0 Å². The first-order valence-electron chi connectivity index (χ1n) is 10.3. The molecule has 0 radical (unpaired) electrons. The number of nitrogens with zero attached hydrogens (tertiary/aromatic N) is 3. The van der Waals surface area contributed by atoms with Crippen molar-refractivity contribution >= 4 is 16.5 Å². The summed E-state index contributed by atoms with van der Waals surface area (Å²) >= 11 is 0. The fourth-order valence-electron chi connectivity index (χ4n) is 3.82. The molecule has 5 rings (SSSR count). The number of nitro benzene ring substituents is 1. The second kappa shape index (κ2) is 8.04. The number of hydrogen-bond donors (Lipinski definition) is 0. The molecule has 5 aromatic rings. The van der Waals surface area contributed by atoms with E-state index in [-0.39, 0.29) is 10.6 Å². The van der Waals surface area contributed by atoms with E-state index >= 15 is 0 Å². The Hall–Kier alpha value is -4.38. The molecule has 0 unspecified atom stereocenters. The van der Waals surface area contributed by atoms with E-state index in [0.717, 1.165) is 44.4 Å². The van der Waals surface area contributed by atoms with Crippen molar-refractivity contribution < 1.29 is 4.92 Å². The van der Waals surface area contributed by atoms with E-state index in [9.17, 15) is 10.1 Å². The topological polar surface area (TPSA) is 68.9 Å². The van der Waals surface area contributed by atoms with Gasteiger partial charge in [-0.05, 0) is 47.2 Å². The van der Waals surface area contributed by atoms with Gasteiger partial charge in [-0.15, -0.1) is 0 Å². The average molecular weight is 417 g/mol. The van der Waals surface area contributed by atoms with E-state index in [2.05, 4.69) is 4.98 Å². The van der Waals surface area contributed by atoms with Gasteiger partial charge in [0.2, 0.25) is 0 Å². The number of fused-ring (bicyclic) bond motifs is 1. The lowest BCUT2D eigenvalue weighted by molar-refractivity contribution is -0.384. The van der Waals surface area contributed by atoms with E-state index in [4.69, 9.17) is 4.98 Å². The summed E-state index contributed by atoms with van der Waals surface area (Å²) in [6, 6.07) is 29.0. The van der Waals surface area contributed by atoms with Crippen LogP contribution in [0.2, 0.25) is 0 Å². The predicted molar refractivity (Wildman–Crippen MR) is 127 cm³/mol. The van der Waals surface area contributed by atoms with Crippen molar-refractivity contribution in [2.24, 2.45) is 0 Å². The highest BCUT2D eigenvalue weighted by Crippen LogP contribution is 2.33. The number of benzene rings is 3. The summed E-state index contributed by atoms with van der Waals surface area (Å²) in [5.74, 6) is 0. The third-order valence-corrected chi connectivity index (χ3v) is 5.53. The molecule has 0 saturated carbocycles. The molecular formula is C27H19N3O2. The van der Waals surface area contributed by atoms with Crippen LogP contribution in [0.25, 0.3) is 44.5 Å². The van der Waals surface area contributed by atoms with Crippen LogP contribution in [0.1, 0.15) is 5.56 Å². The Balaban J connectivity index is 1.74. The molecule has 0 atom stereocenters. The van der Waals surface area contributed by atoms with Gasteiger partial charge in [0, 0.05) is 29.3 Å². The van der Waals surface area contributed by atoms with Crippen molar-refractivity contribution in [2.75, 3.05) is 0 Å². The maximum atomic E-state index is 11.4. The van der Waals surface area contributed by atoms with Crippen LogP contribution in [-0.4, -0.2) is 14.9 Å². The first kappa shape index (κ1) is 19.6. The van der Waals surface area contributed by atoms with E-state index in [1.165, 1.54) is 6.07 Å². The second-order valence-electron chi connectivity index (χ2n) is 7.67. The van der Waals surface area contributed by atoms with Crippen LogP contribution >= 0.6 is 0 Å². The van der Waals surface area contributed by atoms with Gasteiger partial charge in [-0.1, -0.05) is 60.7 Å². The van der Waals surface area contributed by atoms with Crippen molar-refractivity contribution in [3.8, 4) is 33.8 Å². The summed E-state index contributed by atoms with van der Waals surface area (Å²) in [5.41, 5.74) is 5.88. The molecule has 0 aliphatic carbocycles. The summed E-state index contributed by atoms with van der Waals surface area (Å²) in [5, 5.41) is 13.5. The zero-order valence-corrected chi connectivity index (χ0v) is 17.4. The molecule has 32 heavy (non-hydrogen) atoms. The van der Waals surface area contributed by atoms with Crippen LogP contribution in [0.15, 0.2) is 97.2 Å². The van der Waals surface area contributed by atoms with Gasteiger partial charge >= 0.3 is 0 Å². The van der Waals surface area contributed by atoms with E-state index in [1.807, 2.05) is 85.9 Å². The molecule has 0 spiro atoms. The second-order valence-corrected chi connectivity index (χ2v) is 7.67. The third-order valence-electron chi connectivity index (χ3n) is 5.53. The van der Waals surface area contributed by atoms with Crippen molar-refractivity contribution in [1.82, 2.24) is 9.97 Å². The average Bonchev–Trinajstić information content (AvgIpc) is 2.84. The zero-order chi connectivity index (χ0) is 22.1. The van der Waals surface area contributed by atoms with Crippen molar-refractivity contribution in [1.29, 1.82) is 0 Å². The summed E-state index contributed by atoms with van der Waals surface area (Å²) in [6.07, 6.45) is 1.85. The molecule has 3 aromatic carbocycles. The summed E-state index contributed by atoms with van der Waals surface area (Å²) in [6.45, 7) is 1.93. The van der Waals surface area contributed by atoms with E-state index in [0.29, 0.717) is 5.69 Å². The lowest BCUT2D eigenvalue weighted by Crippen LogP contribution is -1.96. The van der Waals surface area contributed by atoms with Crippen molar-refractivity contribution in [3.05, 3.63) is 113 Å². The highest BCUT2D eigenvalue weighted by atomic mass is 16.6. The smallest absolute Gasteiger partial charge is 0.258 e. The maximum Gasteiger partial charge on any atom is 0.270 e. The Bertz CT molecular complexity index is 1460. The highest BCUT2D eigenvalue weighted by Gasteiger charge is 2.15. The molecule has 0 bridgehead atoms. The van der Waals surface area contributed by atoms with Gasteiger partial charge < -0.3 is 0 Å². The molecule has 0 aliphatic rings. The van der Waals surface area contributed by atoms with Crippen LogP contribution in [0.3, 0.4) is 0 Å². The third kappa shape index (κ3) is 3.72. The summed E-state index contributed by atoms with van der Waals surface area (Å²) in [4.78, 5) is 20.5. The Morgan fingerprint density at radius 1 is 0.719 bits per heavy atom. The highest BCUT2D eigenvalue weighted by molar-refractivity contribution is 5.86. The van der Waals surface area contributed by atoms with Crippen LogP contribution in [0.4, 0.5) is 5.69 Å². The molecule has 0 aliphatic heterocycles. The minimum absolute atomic E-state index is 0.0443. The van der Waals surface area contributed by atoms with E-state index in [1.54, 1.807) is 12.1 Å². The van der Waals surface area contributed by atoms with Crippen LogP contribution in [-0.2, 0) is 0 Å². The quantitative estimate of drug-likeness (QED) is 0.237. The minimum Gasteiger partial charge on any atom is -0.258 e. The monoisotopic (exact) mass is 417 g/mol. The Kier molecular flexibility index (Phi) is 4.92. The molecule has 5 heteroatoms. The van der Waals surface area contributed by atoms with Crippen LogP contribution in [0.5, 0.6) is 0 Å². The molecule has 154 valence electrons. The zero-order valence-electron chi connectivity index (χ0n) is 17.4. The van der Waals surface area contributed by atoms with Gasteiger partial charge in [0.15, 0.2) is 0 Å². The first-order chi connectivity index (χ1) is 15.6. The predicted octanol–water partition coefficient (Wildman–Crippen LogP) is 6.85. The molecular weight excluding hydrogens is 398 g/mol.